The monoisotopic (exact) mass is 403 g/mol. The normalized spacial score (nSPS) is 11.3. The summed E-state index contributed by atoms with van der Waals surface area (Å²) in [6, 6.07) is 12.4. The number of nitrogens with zero attached hydrogens (tertiary/aromatic N) is 3. The van der Waals surface area contributed by atoms with E-state index in [4.69, 9.17) is 21.6 Å². The number of pyridine rings is 1. The molecule has 1 amide bonds. The first-order valence-electron chi connectivity index (χ1n) is 8.14. The Morgan fingerprint density at radius 3 is 2.78 bits per heavy atom. The van der Waals surface area contributed by atoms with E-state index in [1.807, 2.05) is 24.3 Å². The molecular formula is C19H18ClN3O3S. The average molecular weight is 404 g/mol. The maximum Gasteiger partial charge on any atom is 0.341 e. The second-order valence-electron chi connectivity index (χ2n) is 5.60. The lowest BCUT2D eigenvalue weighted by atomic mass is 10.3. The van der Waals surface area contributed by atoms with Crippen molar-refractivity contribution in [3.8, 4) is 6.07 Å². The third-order valence-electron chi connectivity index (χ3n) is 3.60. The van der Waals surface area contributed by atoms with Gasteiger partial charge >= 0.3 is 5.97 Å². The number of ether oxygens (including phenoxy) is 1. The molecule has 1 atom stereocenters. The third kappa shape index (κ3) is 5.71. The second kappa shape index (κ2) is 9.95. The van der Waals surface area contributed by atoms with Gasteiger partial charge in [0.2, 0.25) is 0 Å². The zero-order valence-electron chi connectivity index (χ0n) is 14.9. The van der Waals surface area contributed by atoms with Gasteiger partial charge in [-0.3, -0.25) is 4.79 Å². The highest BCUT2D eigenvalue weighted by Crippen LogP contribution is 2.33. The molecule has 0 N–H and O–H groups in total. The first-order chi connectivity index (χ1) is 12.9. The summed E-state index contributed by atoms with van der Waals surface area (Å²) >= 11 is 7.42. The molecule has 0 bridgehead atoms. The van der Waals surface area contributed by atoms with E-state index in [9.17, 15) is 9.59 Å². The minimum absolute atomic E-state index is 0.212. The van der Waals surface area contributed by atoms with Gasteiger partial charge in [0.05, 0.1) is 23.1 Å². The van der Waals surface area contributed by atoms with Crippen LogP contribution in [0, 0.1) is 11.3 Å². The average Bonchev–Trinajstić information content (AvgIpc) is 2.67. The van der Waals surface area contributed by atoms with Crippen molar-refractivity contribution in [2.45, 2.75) is 29.4 Å². The number of hydrogen-bond acceptors (Lipinski definition) is 6. The van der Waals surface area contributed by atoms with E-state index >= 15 is 0 Å². The number of nitriles is 1. The summed E-state index contributed by atoms with van der Waals surface area (Å²) in [5.74, 6) is -1.02. The maximum atomic E-state index is 12.6. The fourth-order valence-corrected chi connectivity index (χ4v) is 3.32. The van der Waals surface area contributed by atoms with E-state index in [0.29, 0.717) is 10.0 Å². The number of rotatable bonds is 7. The smallest absolute Gasteiger partial charge is 0.341 e. The summed E-state index contributed by atoms with van der Waals surface area (Å²) in [6.07, 6.45) is 0.809. The van der Waals surface area contributed by atoms with Gasteiger partial charge in [0.1, 0.15) is 5.03 Å². The number of aromatic nitrogens is 1. The van der Waals surface area contributed by atoms with E-state index in [1.165, 1.54) is 23.6 Å². The third-order valence-corrected chi connectivity index (χ3v) is 5.14. The molecule has 140 valence electrons. The van der Waals surface area contributed by atoms with Crippen LogP contribution in [-0.4, -0.2) is 41.5 Å². The van der Waals surface area contributed by atoms with E-state index in [-0.39, 0.29) is 24.4 Å². The zero-order chi connectivity index (χ0) is 19.8. The van der Waals surface area contributed by atoms with Crippen molar-refractivity contribution in [3.05, 3.63) is 53.2 Å². The van der Waals surface area contributed by atoms with Gasteiger partial charge in [-0.25, -0.2) is 9.78 Å². The van der Waals surface area contributed by atoms with Crippen LogP contribution in [0.25, 0.3) is 0 Å². The molecule has 0 saturated heterocycles. The Kier molecular flexibility index (Phi) is 7.65. The molecule has 0 saturated carbocycles. The van der Waals surface area contributed by atoms with Crippen LogP contribution in [0.5, 0.6) is 0 Å². The highest BCUT2D eigenvalue weighted by atomic mass is 35.5. The van der Waals surface area contributed by atoms with Crippen LogP contribution in [0.3, 0.4) is 0 Å². The van der Waals surface area contributed by atoms with E-state index in [1.54, 1.807) is 31.4 Å². The number of amides is 1. The predicted octanol–water partition coefficient (Wildman–Crippen LogP) is 3.80. The van der Waals surface area contributed by atoms with Gasteiger partial charge in [-0.1, -0.05) is 35.5 Å². The number of carbonyl (C=O) groups excluding carboxylic acids is 2. The van der Waals surface area contributed by atoms with Crippen LogP contribution in [-0.2, 0) is 9.53 Å². The summed E-state index contributed by atoms with van der Waals surface area (Å²) in [4.78, 5) is 31.2. The van der Waals surface area contributed by atoms with Gasteiger partial charge in [0.25, 0.3) is 5.91 Å². The summed E-state index contributed by atoms with van der Waals surface area (Å²) in [6.45, 7) is 1.78. The molecule has 27 heavy (non-hydrogen) atoms. The van der Waals surface area contributed by atoms with Crippen molar-refractivity contribution in [1.29, 1.82) is 5.26 Å². The molecule has 0 spiro atoms. The van der Waals surface area contributed by atoms with Crippen molar-refractivity contribution in [1.82, 2.24) is 9.88 Å². The number of halogens is 1. The minimum Gasteiger partial charge on any atom is -0.449 e. The van der Waals surface area contributed by atoms with Gasteiger partial charge in [-0.2, -0.15) is 5.26 Å². The molecule has 1 heterocycles. The molecule has 0 aliphatic heterocycles. The Bertz CT molecular complexity index is 869. The molecule has 2 aromatic rings. The molecule has 0 aliphatic carbocycles. The number of likely N-dealkylation sites (N-methyl/N-ethyl adjacent to an activating group) is 1. The molecule has 2 rings (SSSR count). The van der Waals surface area contributed by atoms with Gasteiger partial charge in [-0.15, -0.1) is 0 Å². The Morgan fingerprint density at radius 1 is 1.33 bits per heavy atom. The van der Waals surface area contributed by atoms with Gasteiger partial charge in [-0.05, 0) is 31.2 Å². The van der Waals surface area contributed by atoms with Crippen LogP contribution in [0.1, 0.15) is 23.7 Å². The van der Waals surface area contributed by atoms with Crippen molar-refractivity contribution in [2.75, 3.05) is 13.6 Å². The molecular weight excluding hydrogens is 386 g/mol. The lowest BCUT2D eigenvalue weighted by Crippen LogP contribution is -2.38. The Labute approximate surface area is 167 Å². The molecule has 6 nitrogen and oxygen atoms in total. The highest BCUT2D eigenvalue weighted by molar-refractivity contribution is 7.99. The van der Waals surface area contributed by atoms with Crippen LogP contribution >= 0.6 is 23.4 Å². The zero-order valence-corrected chi connectivity index (χ0v) is 16.5. The van der Waals surface area contributed by atoms with E-state index < -0.39 is 12.1 Å². The summed E-state index contributed by atoms with van der Waals surface area (Å²) in [5, 5.41) is 9.60. The van der Waals surface area contributed by atoms with Crippen LogP contribution in [0.4, 0.5) is 0 Å². The number of carbonyl (C=O) groups is 2. The lowest BCUT2D eigenvalue weighted by Gasteiger charge is -2.20. The van der Waals surface area contributed by atoms with Crippen LogP contribution in [0.2, 0.25) is 5.02 Å². The second-order valence-corrected chi connectivity index (χ2v) is 7.04. The molecule has 0 aliphatic rings. The predicted molar refractivity (Wildman–Crippen MR) is 103 cm³/mol. The van der Waals surface area contributed by atoms with Gasteiger partial charge < -0.3 is 9.64 Å². The number of hydrogen-bond donors (Lipinski definition) is 0. The SMILES string of the molecule is C[C@H](OC(=O)c1cccnc1Sc1ccccc1Cl)C(=O)N(C)CCC#N. The highest BCUT2D eigenvalue weighted by Gasteiger charge is 2.24. The molecule has 8 heteroatoms. The largest absolute Gasteiger partial charge is 0.449 e. The van der Waals surface area contributed by atoms with Crippen molar-refractivity contribution >= 4 is 35.2 Å². The fourth-order valence-electron chi connectivity index (χ4n) is 2.17. The molecule has 0 unspecified atom stereocenters. The van der Waals surface area contributed by atoms with Gasteiger partial charge in [0, 0.05) is 24.7 Å². The number of esters is 1. The summed E-state index contributed by atoms with van der Waals surface area (Å²) in [7, 11) is 1.56. The Morgan fingerprint density at radius 2 is 2.07 bits per heavy atom. The van der Waals surface area contributed by atoms with E-state index in [0.717, 1.165) is 4.90 Å². The molecule has 0 fully saturated rings. The first-order valence-corrected chi connectivity index (χ1v) is 9.33. The molecule has 0 radical (unpaired) electrons. The van der Waals surface area contributed by atoms with E-state index in [2.05, 4.69) is 4.98 Å². The fraction of sp³-hybridized carbons (Fsp3) is 0.263. The summed E-state index contributed by atoms with van der Waals surface area (Å²) < 4.78 is 5.31. The molecule has 1 aromatic heterocycles. The maximum absolute atomic E-state index is 12.6. The lowest BCUT2D eigenvalue weighted by molar-refractivity contribution is -0.138. The Hall–Kier alpha value is -2.56. The molecule has 1 aromatic carbocycles. The minimum atomic E-state index is -0.973. The standard InChI is InChI=1S/C19H18ClN3O3S/c1-13(18(24)23(2)12-6-10-21)26-19(25)14-7-5-11-22-17(14)27-16-9-4-3-8-15(16)20/h3-5,7-9,11,13H,6,12H2,1-2H3/t13-/m0/s1. The Balaban J connectivity index is 2.12. The topological polar surface area (TPSA) is 83.3 Å². The van der Waals surface area contributed by atoms with Crippen molar-refractivity contribution < 1.29 is 14.3 Å². The number of benzene rings is 1. The quantitative estimate of drug-likeness (QED) is 0.654. The summed E-state index contributed by atoms with van der Waals surface area (Å²) in [5.41, 5.74) is 0.252. The van der Waals surface area contributed by atoms with Crippen LogP contribution < -0.4 is 0 Å². The van der Waals surface area contributed by atoms with Crippen LogP contribution in [0.15, 0.2) is 52.5 Å². The first kappa shape index (κ1) is 20.7. The van der Waals surface area contributed by atoms with Crippen molar-refractivity contribution in [3.63, 3.8) is 0 Å². The van der Waals surface area contributed by atoms with Gasteiger partial charge in [0.15, 0.2) is 6.10 Å². The van der Waals surface area contributed by atoms with Crippen molar-refractivity contribution in [2.24, 2.45) is 0 Å².